The van der Waals surface area contributed by atoms with Crippen LogP contribution in [0.25, 0.3) is 0 Å². The molecule has 0 fully saturated rings. The Morgan fingerprint density at radius 1 is 1.19 bits per heavy atom. The van der Waals surface area contributed by atoms with Crippen LogP contribution in [0.1, 0.15) is 32.5 Å². The van der Waals surface area contributed by atoms with E-state index >= 15 is 0 Å². The Hall–Kier alpha value is -0.680. The first-order chi connectivity index (χ1) is 10.2. The van der Waals surface area contributed by atoms with Gasteiger partial charge in [-0.2, -0.15) is 11.8 Å². The van der Waals surface area contributed by atoms with Crippen LogP contribution in [0, 0.1) is 0 Å². The molecule has 2 aliphatic heterocycles. The van der Waals surface area contributed by atoms with E-state index in [1.807, 2.05) is 35.2 Å². The summed E-state index contributed by atoms with van der Waals surface area (Å²) in [6, 6.07) is 6.09. The van der Waals surface area contributed by atoms with E-state index in [9.17, 15) is 0 Å². The van der Waals surface area contributed by atoms with Crippen LogP contribution < -0.4 is 10.5 Å². The van der Waals surface area contributed by atoms with Crippen molar-refractivity contribution in [3.05, 3.63) is 49.7 Å². The average Bonchev–Trinajstić information content (AvgIpc) is 3.11. The Bertz CT molecular complexity index is 674. The highest BCUT2D eigenvalue weighted by atomic mass is 35.5. The molecule has 0 bridgehead atoms. The third-order valence-electron chi connectivity index (χ3n) is 4.07. The van der Waals surface area contributed by atoms with Crippen molar-refractivity contribution in [2.75, 3.05) is 12.4 Å². The highest BCUT2D eigenvalue weighted by Gasteiger charge is 2.25. The topological polar surface area (TPSA) is 35.2 Å². The van der Waals surface area contributed by atoms with Gasteiger partial charge in [-0.25, -0.2) is 0 Å². The number of hydrogen-bond donors (Lipinski definition) is 1. The van der Waals surface area contributed by atoms with Crippen molar-refractivity contribution in [3.8, 4) is 5.75 Å². The van der Waals surface area contributed by atoms with E-state index in [4.69, 9.17) is 22.1 Å². The fraction of sp³-hybridized carbons (Fsp3) is 0.375. The maximum absolute atomic E-state index is 6.54. The van der Waals surface area contributed by atoms with Gasteiger partial charge in [-0.15, -0.1) is 11.3 Å². The molecule has 3 heterocycles. The number of aryl methyl sites for hydroxylation is 1. The molecular formula is C16H16ClNOS2. The van der Waals surface area contributed by atoms with Crippen LogP contribution in [0.15, 0.2) is 18.2 Å². The molecule has 1 unspecified atom stereocenters. The monoisotopic (exact) mass is 337 g/mol. The SMILES string of the molecule is NC(c1cc2c(s1)CCSC2)c1cc(Cl)cc2c1OCC2. The van der Waals surface area contributed by atoms with Crippen molar-refractivity contribution < 1.29 is 4.74 Å². The molecule has 2 N–H and O–H groups in total. The number of thiophene rings is 1. The van der Waals surface area contributed by atoms with Gasteiger partial charge in [0.25, 0.3) is 0 Å². The van der Waals surface area contributed by atoms with E-state index in [-0.39, 0.29) is 6.04 Å². The van der Waals surface area contributed by atoms with E-state index in [2.05, 4.69) is 6.07 Å². The molecule has 5 heteroatoms. The van der Waals surface area contributed by atoms with Crippen molar-refractivity contribution in [1.29, 1.82) is 0 Å². The minimum atomic E-state index is -0.142. The largest absolute Gasteiger partial charge is 0.493 e. The van der Waals surface area contributed by atoms with Gasteiger partial charge < -0.3 is 10.5 Å². The third-order valence-corrected chi connectivity index (χ3v) is 6.61. The Balaban J connectivity index is 1.75. The van der Waals surface area contributed by atoms with Crippen LogP contribution in [0.5, 0.6) is 5.75 Å². The van der Waals surface area contributed by atoms with Gasteiger partial charge >= 0.3 is 0 Å². The normalized spacial score (nSPS) is 18.0. The summed E-state index contributed by atoms with van der Waals surface area (Å²) in [4.78, 5) is 2.72. The molecule has 1 aromatic carbocycles. The molecule has 0 amide bonds. The lowest BCUT2D eigenvalue weighted by molar-refractivity contribution is 0.352. The van der Waals surface area contributed by atoms with Gasteiger partial charge in [0, 0.05) is 32.5 Å². The Kier molecular flexibility index (Phi) is 3.66. The van der Waals surface area contributed by atoms with E-state index in [0.717, 1.165) is 35.1 Å². The second kappa shape index (κ2) is 5.51. The van der Waals surface area contributed by atoms with Gasteiger partial charge in [-0.05, 0) is 41.5 Å². The molecule has 2 aromatic rings. The first-order valence-corrected chi connectivity index (χ1v) is 9.47. The van der Waals surface area contributed by atoms with Crippen LogP contribution in [-0.4, -0.2) is 12.4 Å². The standard InChI is InChI=1S/C16H16ClNOS2/c17-11-5-9-1-3-19-16(9)12(7-11)15(18)14-6-10-8-20-4-2-13(10)21-14/h5-7,15H,1-4,8,18H2. The molecular weight excluding hydrogens is 322 g/mol. The van der Waals surface area contributed by atoms with E-state index in [1.165, 1.54) is 33.1 Å². The van der Waals surface area contributed by atoms with Crippen molar-refractivity contribution in [1.82, 2.24) is 0 Å². The Morgan fingerprint density at radius 2 is 2.10 bits per heavy atom. The molecule has 0 aliphatic carbocycles. The summed E-state index contributed by atoms with van der Waals surface area (Å²) in [6.07, 6.45) is 2.09. The van der Waals surface area contributed by atoms with Gasteiger partial charge in [0.1, 0.15) is 5.75 Å². The second-order valence-corrected chi connectivity index (χ2v) is 8.17. The van der Waals surface area contributed by atoms with Gasteiger partial charge in [0.15, 0.2) is 0 Å². The summed E-state index contributed by atoms with van der Waals surface area (Å²) in [5.41, 5.74) is 10.2. The van der Waals surface area contributed by atoms with E-state index in [0.29, 0.717) is 0 Å². The molecule has 0 radical (unpaired) electrons. The van der Waals surface area contributed by atoms with E-state index < -0.39 is 0 Å². The van der Waals surface area contributed by atoms with Crippen LogP contribution in [0.2, 0.25) is 5.02 Å². The van der Waals surface area contributed by atoms with Crippen molar-refractivity contribution in [2.45, 2.75) is 24.6 Å². The number of nitrogens with two attached hydrogens (primary N) is 1. The predicted molar refractivity (Wildman–Crippen MR) is 90.9 cm³/mol. The van der Waals surface area contributed by atoms with Gasteiger partial charge in [0.2, 0.25) is 0 Å². The Labute approximate surface area is 137 Å². The quantitative estimate of drug-likeness (QED) is 0.893. The maximum atomic E-state index is 6.54. The summed E-state index contributed by atoms with van der Waals surface area (Å²) < 4.78 is 5.79. The Morgan fingerprint density at radius 3 is 2.95 bits per heavy atom. The average molecular weight is 338 g/mol. The summed E-state index contributed by atoms with van der Waals surface area (Å²) >= 11 is 10.1. The summed E-state index contributed by atoms with van der Waals surface area (Å²) in [6.45, 7) is 0.729. The molecule has 4 rings (SSSR count). The minimum Gasteiger partial charge on any atom is -0.493 e. The number of hydrogen-bond acceptors (Lipinski definition) is 4. The summed E-state index contributed by atoms with van der Waals surface area (Å²) in [5, 5.41) is 0.751. The van der Waals surface area contributed by atoms with Crippen LogP contribution in [0.3, 0.4) is 0 Å². The third kappa shape index (κ3) is 2.48. The van der Waals surface area contributed by atoms with Crippen molar-refractivity contribution in [3.63, 3.8) is 0 Å². The first kappa shape index (κ1) is 13.9. The van der Waals surface area contributed by atoms with Crippen molar-refractivity contribution >= 4 is 34.7 Å². The zero-order valence-electron chi connectivity index (χ0n) is 11.5. The van der Waals surface area contributed by atoms with Gasteiger partial charge in [0.05, 0.1) is 12.6 Å². The van der Waals surface area contributed by atoms with Gasteiger partial charge in [-0.3, -0.25) is 0 Å². The lowest BCUT2D eigenvalue weighted by atomic mass is 10.0. The predicted octanol–water partition coefficient (Wildman–Crippen LogP) is 4.17. The summed E-state index contributed by atoms with van der Waals surface area (Å²) in [7, 11) is 0. The molecule has 1 aromatic heterocycles. The number of halogens is 1. The lowest BCUT2D eigenvalue weighted by Crippen LogP contribution is -2.11. The first-order valence-electron chi connectivity index (χ1n) is 7.12. The van der Waals surface area contributed by atoms with Crippen LogP contribution in [0.4, 0.5) is 0 Å². The van der Waals surface area contributed by atoms with Crippen LogP contribution in [-0.2, 0) is 18.6 Å². The number of ether oxygens (including phenoxy) is 1. The molecule has 110 valence electrons. The summed E-state index contributed by atoms with van der Waals surface area (Å²) in [5.74, 6) is 3.29. The number of thioether (sulfide) groups is 1. The molecule has 0 spiro atoms. The molecule has 2 aliphatic rings. The van der Waals surface area contributed by atoms with Crippen molar-refractivity contribution in [2.24, 2.45) is 5.73 Å². The molecule has 1 atom stereocenters. The second-order valence-electron chi connectivity index (χ2n) is 5.46. The molecule has 21 heavy (non-hydrogen) atoms. The minimum absolute atomic E-state index is 0.142. The number of fused-ring (bicyclic) bond motifs is 2. The molecule has 0 saturated heterocycles. The molecule has 2 nitrogen and oxygen atoms in total. The van der Waals surface area contributed by atoms with Gasteiger partial charge in [-0.1, -0.05) is 11.6 Å². The number of rotatable bonds is 2. The van der Waals surface area contributed by atoms with Crippen LogP contribution >= 0.6 is 34.7 Å². The highest BCUT2D eigenvalue weighted by molar-refractivity contribution is 7.98. The zero-order chi connectivity index (χ0) is 14.4. The number of benzene rings is 1. The smallest absolute Gasteiger partial charge is 0.127 e. The highest BCUT2D eigenvalue weighted by Crippen LogP contribution is 2.41. The van der Waals surface area contributed by atoms with E-state index in [1.54, 1.807) is 0 Å². The lowest BCUT2D eigenvalue weighted by Gasteiger charge is -2.15. The molecule has 0 saturated carbocycles. The fourth-order valence-electron chi connectivity index (χ4n) is 3.01. The fourth-order valence-corrected chi connectivity index (χ4v) is 5.65. The zero-order valence-corrected chi connectivity index (χ0v) is 13.9. The maximum Gasteiger partial charge on any atom is 0.127 e.